The Morgan fingerprint density at radius 2 is 2.40 bits per heavy atom. The third kappa shape index (κ3) is 1.35. The van der Waals surface area contributed by atoms with Gasteiger partial charge in [-0.1, -0.05) is 0 Å². The third-order valence-corrected chi connectivity index (χ3v) is 1.66. The molecule has 56 valence electrons. The molecule has 0 aliphatic carbocycles. The van der Waals surface area contributed by atoms with Crippen molar-refractivity contribution in [1.82, 2.24) is 0 Å². The van der Waals surface area contributed by atoms with Gasteiger partial charge in [0.15, 0.2) is 0 Å². The van der Waals surface area contributed by atoms with Crippen molar-refractivity contribution in [3.05, 3.63) is 0 Å². The molecule has 1 fully saturated rings. The Bertz CT molecular complexity index is 162. The lowest BCUT2D eigenvalue weighted by Crippen LogP contribution is -2.29. The summed E-state index contributed by atoms with van der Waals surface area (Å²) >= 11 is 0. The molecule has 0 N–H and O–H groups in total. The summed E-state index contributed by atoms with van der Waals surface area (Å²) < 4.78 is 4.69. The highest BCUT2D eigenvalue weighted by molar-refractivity contribution is 5.97. The van der Waals surface area contributed by atoms with Crippen molar-refractivity contribution in [2.75, 3.05) is 6.61 Å². The molecule has 1 aliphatic heterocycles. The van der Waals surface area contributed by atoms with Crippen molar-refractivity contribution in [2.24, 2.45) is 5.92 Å². The van der Waals surface area contributed by atoms with Crippen molar-refractivity contribution in [2.45, 2.75) is 19.8 Å². The molecule has 1 atom stereocenters. The van der Waals surface area contributed by atoms with Gasteiger partial charge in [-0.3, -0.25) is 9.59 Å². The lowest BCUT2D eigenvalue weighted by atomic mass is 9.98. The minimum absolute atomic E-state index is 0.0790. The Morgan fingerprint density at radius 3 is 2.80 bits per heavy atom. The van der Waals surface area contributed by atoms with Crippen LogP contribution in [0.5, 0.6) is 0 Å². The molecule has 0 aromatic rings. The highest BCUT2D eigenvalue weighted by Gasteiger charge is 2.27. The number of carbonyl (C=O) groups excluding carboxylic acids is 2. The predicted molar refractivity (Wildman–Crippen MR) is 34.4 cm³/mol. The number of esters is 1. The molecule has 1 heterocycles. The largest absolute Gasteiger partial charge is 0.465 e. The summed E-state index contributed by atoms with van der Waals surface area (Å²) in [6.45, 7) is 1.90. The number of cyclic esters (lactones) is 1. The molecule has 0 saturated carbocycles. The quantitative estimate of drug-likeness (QED) is 0.396. The summed E-state index contributed by atoms with van der Waals surface area (Å²) in [4.78, 5) is 21.5. The first-order chi connectivity index (χ1) is 4.72. The van der Waals surface area contributed by atoms with E-state index in [4.69, 9.17) is 4.74 Å². The van der Waals surface area contributed by atoms with Crippen LogP contribution in [-0.4, -0.2) is 18.4 Å². The topological polar surface area (TPSA) is 43.4 Å². The number of rotatable bonds is 1. The molecule has 1 saturated heterocycles. The normalized spacial score (nSPS) is 25.7. The monoisotopic (exact) mass is 142 g/mol. The van der Waals surface area contributed by atoms with Gasteiger partial charge in [0.05, 0.1) is 6.61 Å². The van der Waals surface area contributed by atoms with E-state index >= 15 is 0 Å². The molecular formula is C7H10O3. The van der Waals surface area contributed by atoms with Crippen LogP contribution in [0.3, 0.4) is 0 Å². The second kappa shape index (κ2) is 2.82. The molecule has 1 aliphatic rings. The highest BCUT2D eigenvalue weighted by Crippen LogP contribution is 2.15. The van der Waals surface area contributed by atoms with Gasteiger partial charge in [-0.05, 0) is 19.8 Å². The van der Waals surface area contributed by atoms with Crippen LogP contribution in [0.4, 0.5) is 0 Å². The SMILES string of the molecule is CC(=O)[C@H]1CCCOC1=O. The molecule has 3 heteroatoms. The number of hydrogen-bond acceptors (Lipinski definition) is 3. The van der Waals surface area contributed by atoms with Gasteiger partial charge >= 0.3 is 5.97 Å². The number of carbonyl (C=O) groups is 2. The van der Waals surface area contributed by atoms with Gasteiger partial charge < -0.3 is 4.74 Å². The molecule has 0 amide bonds. The van der Waals surface area contributed by atoms with Crippen molar-refractivity contribution >= 4 is 11.8 Å². The Morgan fingerprint density at radius 1 is 1.70 bits per heavy atom. The first-order valence-electron chi connectivity index (χ1n) is 3.39. The zero-order valence-electron chi connectivity index (χ0n) is 5.92. The van der Waals surface area contributed by atoms with E-state index in [9.17, 15) is 9.59 Å². The van der Waals surface area contributed by atoms with Gasteiger partial charge in [0.2, 0.25) is 0 Å². The van der Waals surface area contributed by atoms with Crippen LogP contribution in [0.25, 0.3) is 0 Å². The van der Waals surface area contributed by atoms with Crippen LogP contribution < -0.4 is 0 Å². The molecule has 1 rings (SSSR count). The van der Waals surface area contributed by atoms with E-state index < -0.39 is 5.92 Å². The summed E-state index contributed by atoms with van der Waals surface area (Å²) in [6, 6.07) is 0. The summed E-state index contributed by atoms with van der Waals surface area (Å²) in [5, 5.41) is 0. The molecule has 0 radical (unpaired) electrons. The van der Waals surface area contributed by atoms with Gasteiger partial charge in [0.25, 0.3) is 0 Å². The van der Waals surface area contributed by atoms with Crippen LogP contribution in [0.15, 0.2) is 0 Å². The number of Topliss-reactive ketones (excluding diaryl/α,β-unsaturated/α-hetero) is 1. The van der Waals surface area contributed by atoms with E-state index in [0.29, 0.717) is 13.0 Å². The molecule has 0 aromatic heterocycles. The average molecular weight is 142 g/mol. The first kappa shape index (κ1) is 7.25. The summed E-state index contributed by atoms with van der Waals surface area (Å²) in [6.07, 6.45) is 1.48. The van der Waals surface area contributed by atoms with Gasteiger partial charge in [-0.25, -0.2) is 0 Å². The molecule has 3 nitrogen and oxygen atoms in total. The van der Waals surface area contributed by atoms with E-state index in [-0.39, 0.29) is 11.8 Å². The van der Waals surface area contributed by atoms with E-state index in [0.717, 1.165) is 6.42 Å². The van der Waals surface area contributed by atoms with Gasteiger partial charge in [-0.2, -0.15) is 0 Å². The van der Waals surface area contributed by atoms with Crippen LogP contribution in [-0.2, 0) is 14.3 Å². The summed E-state index contributed by atoms with van der Waals surface area (Å²) in [5.74, 6) is -0.905. The van der Waals surface area contributed by atoms with Crippen molar-refractivity contribution in [3.8, 4) is 0 Å². The first-order valence-corrected chi connectivity index (χ1v) is 3.39. The molecule has 0 bridgehead atoms. The summed E-state index contributed by atoms with van der Waals surface area (Å²) in [7, 11) is 0. The Labute approximate surface area is 59.4 Å². The highest BCUT2D eigenvalue weighted by atomic mass is 16.5. The van der Waals surface area contributed by atoms with Crippen molar-refractivity contribution < 1.29 is 14.3 Å². The Kier molecular flexibility index (Phi) is 2.04. The maximum Gasteiger partial charge on any atom is 0.316 e. The fourth-order valence-corrected chi connectivity index (χ4v) is 1.05. The van der Waals surface area contributed by atoms with Crippen LogP contribution >= 0.6 is 0 Å². The minimum Gasteiger partial charge on any atom is -0.465 e. The van der Waals surface area contributed by atoms with Gasteiger partial charge in [0.1, 0.15) is 11.7 Å². The van der Waals surface area contributed by atoms with Crippen LogP contribution in [0.2, 0.25) is 0 Å². The lowest BCUT2D eigenvalue weighted by molar-refractivity contribution is -0.155. The zero-order valence-corrected chi connectivity index (χ0v) is 5.92. The number of hydrogen-bond donors (Lipinski definition) is 0. The van der Waals surface area contributed by atoms with E-state index in [1.807, 2.05) is 0 Å². The zero-order chi connectivity index (χ0) is 7.56. The summed E-state index contributed by atoms with van der Waals surface area (Å²) in [5.41, 5.74) is 0. The fraction of sp³-hybridized carbons (Fsp3) is 0.714. The second-order valence-corrected chi connectivity index (χ2v) is 2.47. The van der Waals surface area contributed by atoms with E-state index in [1.54, 1.807) is 0 Å². The van der Waals surface area contributed by atoms with Crippen molar-refractivity contribution in [3.63, 3.8) is 0 Å². The maximum atomic E-state index is 10.8. The second-order valence-electron chi connectivity index (χ2n) is 2.47. The fourth-order valence-electron chi connectivity index (χ4n) is 1.05. The molecule has 0 spiro atoms. The average Bonchev–Trinajstić information content (AvgIpc) is 1.88. The molecule has 0 aromatic carbocycles. The minimum atomic E-state index is -0.478. The Balaban J connectivity index is 2.56. The molecule has 10 heavy (non-hydrogen) atoms. The molecule has 0 unspecified atom stereocenters. The standard InChI is InChI=1S/C7H10O3/c1-5(8)6-3-2-4-10-7(6)9/h6H,2-4H2,1H3/t6-/m1/s1. The van der Waals surface area contributed by atoms with Crippen molar-refractivity contribution in [1.29, 1.82) is 0 Å². The Hall–Kier alpha value is -0.860. The van der Waals surface area contributed by atoms with E-state index in [1.165, 1.54) is 6.92 Å². The van der Waals surface area contributed by atoms with Crippen LogP contribution in [0, 0.1) is 5.92 Å². The number of ketones is 1. The smallest absolute Gasteiger partial charge is 0.316 e. The van der Waals surface area contributed by atoms with Gasteiger partial charge in [0, 0.05) is 0 Å². The lowest BCUT2D eigenvalue weighted by Gasteiger charge is -2.17. The van der Waals surface area contributed by atoms with Crippen LogP contribution in [0.1, 0.15) is 19.8 Å². The third-order valence-electron chi connectivity index (χ3n) is 1.66. The maximum absolute atomic E-state index is 10.8. The predicted octanol–water partition coefficient (Wildman–Crippen LogP) is 0.529. The van der Waals surface area contributed by atoms with E-state index in [2.05, 4.69) is 0 Å². The number of ether oxygens (including phenoxy) is 1. The molecular weight excluding hydrogens is 132 g/mol. The van der Waals surface area contributed by atoms with Gasteiger partial charge in [-0.15, -0.1) is 0 Å².